The van der Waals surface area contributed by atoms with Crippen LogP contribution < -0.4 is 16.0 Å². The van der Waals surface area contributed by atoms with Gasteiger partial charge in [-0.2, -0.15) is 5.26 Å². The first-order valence-corrected chi connectivity index (χ1v) is 12.1. The van der Waals surface area contributed by atoms with Crippen molar-refractivity contribution in [3.63, 3.8) is 0 Å². The standard InChI is InChI=1S/C25H15Cl2FN4O3S/c1-35-21-8-16(17(27)9-18(21)28)22-10-19-23(36-22)24(33)32(25(34)31(19)6-2-5-29)20-12-30-11-13-3-4-14(26)7-15(13)20/h3-4,7-12H,2,6H2,1H3. The van der Waals surface area contributed by atoms with Crippen molar-refractivity contribution in [2.24, 2.45) is 0 Å². The number of hydrogen-bond donors (Lipinski definition) is 0. The average molecular weight is 541 g/mol. The lowest BCUT2D eigenvalue weighted by Gasteiger charge is -2.12. The largest absolute Gasteiger partial charge is 0.494 e. The molecule has 0 radical (unpaired) electrons. The quantitative estimate of drug-likeness (QED) is 0.281. The zero-order chi connectivity index (χ0) is 25.6. The Bertz CT molecular complexity index is 1840. The van der Waals surface area contributed by atoms with Gasteiger partial charge in [0, 0.05) is 39.0 Å². The molecule has 0 amide bonds. The van der Waals surface area contributed by atoms with Crippen LogP contribution in [0.5, 0.6) is 5.75 Å². The molecule has 5 aromatic rings. The fourth-order valence-corrected chi connectivity index (χ4v) is 5.65. The van der Waals surface area contributed by atoms with E-state index in [1.807, 2.05) is 6.07 Å². The molecule has 3 heterocycles. The molecule has 7 nitrogen and oxygen atoms in total. The zero-order valence-electron chi connectivity index (χ0n) is 18.6. The van der Waals surface area contributed by atoms with E-state index in [9.17, 15) is 19.2 Å². The number of hydrogen-bond acceptors (Lipinski definition) is 6. The lowest BCUT2D eigenvalue weighted by molar-refractivity contribution is 0.387. The first-order chi connectivity index (χ1) is 17.3. The second-order valence-electron chi connectivity index (χ2n) is 7.80. The molecule has 36 heavy (non-hydrogen) atoms. The van der Waals surface area contributed by atoms with Crippen LogP contribution in [0.15, 0.2) is 58.4 Å². The first kappa shape index (κ1) is 24.0. The third kappa shape index (κ3) is 3.93. The molecule has 180 valence electrons. The topological polar surface area (TPSA) is 89.9 Å². The van der Waals surface area contributed by atoms with Gasteiger partial charge in [0.2, 0.25) is 0 Å². The van der Waals surface area contributed by atoms with Crippen LogP contribution in [0.3, 0.4) is 0 Å². The van der Waals surface area contributed by atoms with Crippen molar-refractivity contribution in [3.05, 3.63) is 85.5 Å². The Morgan fingerprint density at radius 2 is 1.97 bits per heavy atom. The van der Waals surface area contributed by atoms with Gasteiger partial charge in [0.25, 0.3) is 5.56 Å². The van der Waals surface area contributed by atoms with Crippen LogP contribution >= 0.6 is 34.5 Å². The van der Waals surface area contributed by atoms with E-state index in [-0.39, 0.29) is 34.1 Å². The normalized spacial score (nSPS) is 11.2. The van der Waals surface area contributed by atoms with Gasteiger partial charge in [-0.15, -0.1) is 11.3 Å². The fourth-order valence-electron chi connectivity index (χ4n) is 4.04. The number of aryl methyl sites for hydroxylation is 1. The van der Waals surface area contributed by atoms with Crippen molar-refractivity contribution in [3.8, 4) is 27.9 Å². The highest BCUT2D eigenvalue weighted by Gasteiger charge is 2.21. The van der Waals surface area contributed by atoms with E-state index >= 15 is 0 Å². The molecule has 2 aromatic carbocycles. The number of pyridine rings is 1. The summed E-state index contributed by atoms with van der Waals surface area (Å²) in [4.78, 5) is 32.1. The van der Waals surface area contributed by atoms with Crippen molar-refractivity contribution >= 4 is 55.5 Å². The second-order valence-corrected chi connectivity index (χ2v) is 9.69. The third-order valence-corrected chi connectivity index (χ3v) is 7.41. The molecular formula is C25H15Cl2FN4O3S. The van der Waals surface area contributed by atoms with Crippen molar-refractivity contribution < 1.29 is 9.13 Å². The van der Waals surface area contributed by atoms with Gasteiger partial charge in [0.15, 0.2) is 11.6 Å². The predicted molar refractivity (Wildman–Crippen MR) is 139 cm³/mol. The Balaban J connectivity index is 1.85. The number of ether oxygens (including phenoxy) is 1. The van der Waals surface area contributed by atoms with Crippen molar-refractivity contribution in [2.45, 2.75) is 13.0 Å². The van der Waals surface area contributed by atoms with Crippen molar-refractivity contribution in [2.75, 3.05) is 7.11 Å². The predicted octanol–water partition coefficient (Wildman–Crippen LogP) is 5.80. The number of thiophene rings is 1. The van der Waals surface area contributed by atoms with Crippen LogP contribution in [0.25, 0.3) is 37.1 Å². The molecule has 0 unspecified atom stereocenters. The molecule has 0 fully saturated rings. The Morgan fingerprint density at radius 1 is 1.17 bits per heavy atom. The van der Waals surface area contributed by atoms with Gasteiger partial charge >= 0.3 is 5.69 Å². The highest BCUT2D eigenvalue weighted by Crippen LogP contribution is 2.39. The molecule has 0 atom stereocenters. The average Bonchev–Trinajstić information content (AvgIpc) is 3.29. The molecule has 0 saturated carbocycles. The van der Waals surface area contributed by atoms with E-state index in [1.54, 1.807) is 30.5 Å². The lowest BCUT2D eigenvalue weighted by atomic mass is 10.1. The van der Waals surface area contributed by atoms with E-state index < -0.39 is 17.1 Å². The van der Waals surface area contributed by atoms with Gasteiger partial charge < -0.3 is 4.74 Å². The summed E-state index contributed by atoms with van der Waals surface area (Å²) in [6.07, 6.45) is 3.08. The third-order valence-electron chi connectivity index (χ3n) is 5.72. The van der Waals surface area contributed by atoms with Gasteiger partial charge in [0.1, 0.15) is 4.70 Å². The second kappa shape index (κ2) is 9.39. The number of rotatable bonds is 5. The maximum absolute atomic E-state index is 14.1. The molecule has 0 spiro atoms. The minimum atomic E-state index is -0.622. The molecule has 0 bridgehead atoms. The summed E-state index contributed by atoms with van der Waals surface area (Å²) < 4.78 is 21.9. The number of halogens is 3. The molecule has 0 aliphatic heterocycles. The summed E-state index contributed by atoms with van der Waals surface area (Å²) in [5.74, 6) is -0.632. The van der Waals surface area contributed by atoms with E-state index in [4.69, 9.17) is 27.9 Å². The fraction of sp³-hybridized carbons (Fsp3) is 0.120. The summed E-state index contributed by atoms with van der Waals surface area (Å²) >= 11 is 13.6. The Kier molecular flexibility index (Phi) is 6.26. The summed E-state index contributed by atoms with van der Waals surface area (Å²) in [5.41, 5.74) is -0.112. The van der Waals surface area contributed by atoms with E-state index in [2.05, 4.69) is 4.98 Å². The monoisotopic (exact) mass is 540 g/mol. The van der Waals surface area contributed by atoms with Gasteiger partial charge in [0.05, 0.1) is 42.0 Å². The maximum Gasteiger partial charge on any atom is 0.336 e. The molecule has 3 aromatic heterocycles. The summed E-state index contributed by atoms with van der Waals surface area (Å²) in [6.45, 7) is 0.0573. The molecule has 5 rings (SSSR count). The number of nitrogens with zero attached hydrogens (tertiary/aromatic N) is 4. The number of methoxy groups -OCH3 is 1. The van der Waals surface area contributed by atoms with Gasteiger partial charge in [-0.3, -0.25) is 14.3 Å². The van der Waals surface area contributed by atoms with Crippen LogP contribution in [0.2, 0.25) is 10.0 Å². The highest BCUT2D eigenvalue weighted by atomic mass is 35.5. The van der Waals surface area contributed by atoms with Crippen LogP contribution in [-0.2, 0) is 6.54 Å². The summed E-state index contributed by atoms with van der Waals surface area (Å²) in [5, 5.41) is 11.0. The van der Waals surface area contributed by atoms with Gasteiger partial charge in [-0.25, -0.2) is 13.8 Å². The van der Waals surface area contributed by atoms with Gasteiger partial charge in [-0.05, 0) is 30.3 Å². The maximum atomic E-state index is 14.1. The van der Waals surface area contributed by atoms with Crippen LogP contribution in [-0.4, -0.2) is 21.2 Å². The lowest BCUT2D eigenvalue weighted by Crippen LogP contribution is -2.38. The molecule has 0 aliphatic rings. The smallest absolute Gasteiger partial charge is 0.336 e. The summed E-state index contributed by atoms with van der Waals surface area (Å²) in [6, 6.07) is 11.3. The molecule has 0 N–H and O–H groups in total. The first-order valence-electron chi connectivity index (χ1n) is 10.6. The van der Waals surface area contributed by atoms with Crippen LogP contribution in [0.4, 0.5) is 4.39 Å². The number of nitriles is 1. The molecule has 0 aliphatic carbocycles. The molecule has 0 saturated heterocycles. The summed E-state index contributed by atoms with van der Waals surface area (Å²) in [7, 11) is 1.34. The number of aromatic nitrogens is 3. The van der Waals surface area contributed by atoms with E-state index in [0.29, 0.717) is 31.8 Å². The zero-order valence-corrected chi connectivity index (χ0v) is 20.9. The van der Waals surface area contributed by atoms with Crippen LogP contribution in [0.1, 0.15) is 6.42 Å². The minimum Gasteiger partial charge on any atom is -0.494 e. The Morgan fingerprint density at radius 3 is 2.72 bits per heavy atom. The molecular weight excluding hydrogens is 526 g/mol. The SMILES string of the molecule is COc1cc(-c2cc3c(s2)c(=O)n(-c2cncc4ccc(Cl)cc24)c(=O)n3CCC#N)c(Cl)cc1F. The minimum absolute atomic E-state index is 0.00940. The van der Waals surface area contributed by atoms with Gasteiger partial charge in [-0.1, -0.05) is 29.3 Å². The van der Waals surface area contributed by atoms with Crippen molar-refractivity contribution in [1.29, 1.82) is 5.26 Å². The van der Waals surface area contributed by atoms with Crippen LogP contribution in [0, 0.1) is 17.1 Å². The highest BCUT2D eigenvalue weighted by molar-refractivity contribution is 7.22. The molecule has 11 heteroatoms. The Hall–Kier alpha value is -3.71. The number of fused-ring (bicyclic) bond motifs is 2. The number of benzene rings is 2. The van der Waals surface area contributed by atoms with E-state index in [0.717, 1.165) is 22.0 Å². The Labute approximate surface area is 217 Å². The van der Waals surface area contributed by atoms with E-state index in [1.165, 1.54) is 23.9 Å². The van der Waals surface area contributed by atoms with Crippen molar-refractivity contribution in [1.82, 2.24) is 14.1 Å².